The zero-order valence-electron chi connectivity index (χ0n) is 29.1. The van der Waals surface area contributed by atoms with E-state index in [0.717, 1.165) is 11.2 Å². The fourth-order valence-corrected chi connectivity index (χ4v) is 10.1. The van der Waals surface area contributed by atoms with Gasteiger partial charge >= 0.3 is 0 Å². The predicted molar refractivity (Wildman–Crippen MR) is 233 cm³/mol. The van der Waals surface area contributed by atoms with E-state index in [1.165, 1.54) is 107 Å². The molecule has 1 nitrogen and oxygen atoms in total. The third-order valence-corrected chi connectivity index (χ3v) is 12.5. The van der Waals surface area contributed by atoms with Gasteiger partial charge in [-0.1, -0.05) is 133 Å². The van der Waals surface area contributed by atoms with Crippen molar-refractivity contribution in [1.29, 1.82) is 0 Å². The Labute approximate surface area is 314 Å². The van der Waals surface area contributed by atoms with Gasteiger partial charge in [-0.25, -0.2) is 0 Å². The molecule has 54 heavy (non-hydrogen) atoms. The lowest BCUT2D eigenvalue weighted by Gasteiger charge is -2.18. The molecule has 2 heterocycles. The number of hydrogen-bond acceptors (Lipinski definition) is 2. The maximum atomic E-state index is 6.25. The van der Waals surface area contributed by atoms with E-state index in [4.69, 9.17) is 4.42 Å². The number of fused-ring (bicyclic) bond motifs is 11. The summed E-state index contributed by atoms with van der Waals surface area (Å²) < 4.78 is 8.84. The van der Waals surface area contributed by atoms with E-state index >= 15 is 0 Å². The molecular weight excluding hydrogens is 673 g/mol. The Bertz CT molecular complexity index is 3450. The van der Waals surface area contributed by atoms with Gasteiger partial charge in [-0.3, -0.25) is 0 Å². The van der Waals surface area contributed by atoms with Crippen LogP contribution in [-0.4, -0.2) is 0 Å². The van der Waals surface area contributed by atoms with Gasteiger partial charge in [0.2, 0.25) is 0 Å². The topological polar surface area (TPSA) is 13.1 Å². The molecule has 0 aliphatic carbocycles. The average Bonchev–Trinajstić information content (AvgIpc) is 3.79. The molecule has 0 bridgehead atoms. The number of furan rings is 1. The zero-order chi connectivity index (χ0) is 35.3. The van der Waals surface area contributed by atoms with E-state index in [9.17, 15) is 0 Å². The summed E-state index contributed by atoms with van der Waals surface area (Å²) >= 11 is 1.87. The molecule has 0 aliphatic heterocycles. The lowest BCUT2D eigenvalue weighted by Crippen LogP contribution is -1.91. The molecule has 0 atom stereocenters. The second-order valence-electron chi connectivity index (χ2n) is 14.4. The predicted octanol–water partition coefficient (Wildman–Crippen LogP) is 15.6. The lowest BCUT2D eigenvalue weighted by molar-refractivity contribution is 0.669. The van der Waals surface area contributed by atoms with Gasteiger partial charge in [-0.05, 0) is 125 Å². The van der Waals surface area contributed by atoms with Crippen molar-refractivity contribution in [2.45, 2.75) is 0 Å². The Balaban J connectivity index is 1.07. The molecule has 10 aromatic carbocycles. The molecule has 2 aromatic heterocycles. The van der Waals surface area contributed by atoms with Crippen LogP contribution >= 0.6 is 11.3 Å². The summed E-state index contributed by atoms with van der Waals surface area (Å²) in [7, 11) is 0. The highest BCUT2D eigenvalue weighted by Gasteiger charge is 2.19. The van der Waals surface area contributed by atoms with Gasteiger partial charge in [0.25, 0.3) is 0 Å². The summed E-state index contributed by atoms with van der Waals surface area (Å²) in [6, 6.07) is 66.9. The minimum Gasteiger partial charge on any atom is -0.456 e. The molecule has 0 saturated carbocycles. The maximum Gasteiger partial charge on any atom is 0.136 e. The van der Waals surface area contributed by atoms with Crippen LogP contribution in [0.4, 0.5) is 0 Å². The quantitative estimate of drug-likeness (QED) is 0.167. The molecule has 12 rings (SSSR count). The highest BCUT2D eigenvalue weighted by molar-refractivity contribution is 7.25. The first kappa shape index (κ1) is 29.8. The Hall–Kier alpha value is -6.74. The highest BCUT2D eigenvalue weighted by atomic mass is 32.1. The van der Waals surface area contributed by atoms with E-state index in [1.807, 2.05) is 17.4 Å². The van der Waals surface area contributed by atoms with Crippen molar-refractivity contribution in [3.05, 3.63) is 182 Å². The number of rotatable bonds is 3. The van der Waals surface area contributed by atoms with Crippen molar-refractivity contribution >= 4 is 96.5 Å². The van der Waals surface area contributed by atoms with E-state index in [1.54, 1.807) is 0 Å². The van der Waals surface area contributed by atoms with Gasteiger partial charge in [-0.15, -0.1) is 11.3 Å². The highest BCUT2D eigenvalue weighted by Crippen LogP contribution is 2.47. The Morgan fingerprint density at radius 3 is 1.67 bits per heavy atom. The van der Waals surface area contributed by atoms with E-state index in [0.29, 0.717) is 0 Å². The maximum absolute atomic E-state index is 6.25. The fourth-order valence-electron chi connectivity index (χ4n) is 8.95. The molecule has 0 N–H and O–H groups in total. The minimum absolute atomic E-state index is 0.934. The molecule has 0 unspecified atom stereocenters. The normalized spacial score (nSPS) is 12.1. The molecule has 12 aromatic rings. The van der Waals surface area contributed by atoms with Crippen LogP contribution in [0.25, 0.3) is 119 Å². The average molecular weight is 703 g/mol. The van der Waals surface area contributed by atoms with Crippen LogP contribution < -0.4 is 0 Å². The monoisotopic (exact) mass is 702 g/mol. The van der Waals surface area contributed by atoms with Crippen LogP contribution in [0.2, 0.25) is 0 Å². The summed E-state index contributed by atoms with van der Waals surface area (Å²) in [6.07, 6.45) is 0. The van der Waals surface area contributed by atoms with Crippen molar-refractivity contribution in [2.24, 2.45) is 0 Å². The van der Waals surface area contributed by atoms with E-state index < -0.39 is 0 Å². The summed E-state index contributed by atoms with van der Waals surface area (Å²) in [5.41, 5.74) is 9.35. The third-order valence-electron chi connectivity index (χ3n) is 11.4. The minimum atomic E-state index is 0.934. The van der Waals surface area contributed by atoms with Gasteiger partial charge < -0.3 is 4.42 Å². The van der Waals surface area contributed by atoms with Gasteiger partial charge in [0.15, 0.2) is 0 Å². The molecule has 2 heteroatoms. The first-order valence-corrected chi connectivity index (χ1v) is 19.3. The van der Waals surface area contributed by atoms with Crippen LogP contribution in [0.3, 0.4) is 0 Å². The standard InChI is InChI=1S/C52H30OS/c1-2-11-32-26-34(21-20-31(32)10-1)33-12-9-13-36(27-33)50-38-14-3-5-16-40(38)51(41-17-6-4-15-39(41)50)37-23-25-48-44(29-37)45-28-35-22-24-47-52(43(35)30-49(45)54-48)42-18-7-8-19-46(42)53-47/h1-30H. The molecule has 0 saturated heterocycles. The number of benzene rings is 10. The molecule has 0 aliphatic rings. The van der Waals surface area contributed by atoms with Crippen LogP contribution in [0, 0.1) is 0 Å². The summed E-state index contributed by atoms with van der Waals surface area (Å²) in [5, 5.41) is 15.0. The second kappa shape index (κ2) is 11.4. The lowest BCUT2D eigenvalue weighted by atomic mass is 9.85. The molecular formula is C52H30OS. The van der Waals surface area contributed by atoms with Crippen molar-refractivity contribution in [2.75, 3.05) is 0 Å². The Kier molecular flexibility index (Phi) is 6.28. The molecule has 0 amide bonds. The van der Waals surface area contributed by atoms with E-state index in [2.05, 4.69) is 176 Å². The van der Waals surface area contributed by atoms with Gasteiger partial charge in [-0.2, -0.15) is 0 Å². The summed E-state index contributed by atoms with van der Waals surface area (Å²) in [4.78, 5) is 0. The molecule has 0 spiro atoms. The van der Waals surface area contributed by atoms with Crippen molar-refractivity contribution in [3.8, 4) is 33.4 Å². The molecule has 0 radical (unpaired) electrons. The zero-order valence-corrected chi connectivity index (χ0v) is 30.0. The summed E-state index contributed by atoms with van der Waals surface area (Å²) in [5.74, 6) is 0. The SMILES string of the molecule is c1cc(-c2ccc3ccccc3c2)cc(-c2c3ccccc3c(-c3ccc4sc5cc6c(ccc7oc8ccccc8c76)cc5c4c3)c3ccccc23)c1. The van der Waals surface area contributed by atoms with Crippen LogP contribution in [0.5, 0.6) is 0 Å². The van der Waals surface area contributed by atoms with E-state index in [-0.39, 0.29) is 0 Å². The van der Waals surface area contributed by atoms with Crippen molar-refractivity contribution < 1.29 is 4.42 Å². The van der Waals surface area contributed by atoms with Crippen molar-refractivity contribution in [1.82, 2.24) is 0 Å². The largest absolute Gasteiger partial charge is 0.456 e. The van der Waals surface area contributed by atoms with Crippen LogP contribution in [0.1, 0.15) is 0 Å². The number of para-hydroxylation sites is 1. The van der Waals surface area contributed by atoms with Gasteiger partial charge in [0.05, 0.1) is 0 Å². The van der Waals surface area contributed by atoms with Crippen LogP contribution in [0.15, 0.2) is 186 Å². The number of hydrogen-bond donors (Lipinski definition) is 0. The van der Waals surface area contributed by atoms with Crippen molar-refractivity contribution in [3.63, 3.8) is 0 Å². The Morgan fingerprint density at radius 1 is 0.296 bits per heavy atom. The first-order chi connectivity index (χ1) is 26.7. The molecule has 0 fully saturated rings. The number of thiophene rings is 1. The smallest absolute Gasteiger partial charge is 0.136 e. The van der Waals surface area contributed by atoms with Crippen LogP contribution in [-0.2, 0) is 0 Å². The third kappa shape index (κ3) is 4.38. The second-order valence-corrected chi connectivity index (χ2v) is 15.5. The summed E-state index contributed by atoms with van der Waals surface area (Å²) in [6.45, 7) is 0. The molecule has 250 valence electrons. The first-order valence-electron chi connectivity index (χ1n) is 18.5. The fraction of sp³-hybridized carbons (Fsp3) is 0. The van der Waals surface area contributed by atoms with Gasteiger partial charge in [0, 0.05) is 30.9 Å². The van der Waals surface area contributed by atoms with Gasteiger partial charge in [0.1, 0.15) is 11.2 Å². The Morgan fingerprint density at radius 2 is 0.889 bits per heavy atom.